The Labute approximate surface area is 187 Å². The molecule has 3 N–H and O–H groups in total. The Hall–Kier alpha value is -2.91. The van der Waals surface area contributed by atoms with E-state index in [1.807, 2.05) is 48.5 Å². The molecule has 8 nitrogen and oxygen atoms in total. The van der Waals surface area contributed by atoms with Crippen LogP contribution >= 0.6 is 0 Å². The van der Waals surface area contributed by atoms with Gasteiger partial charge in [-0.3, -0.25) is 4.79 Å². The lowest BCUT2D eigenvalue weighted by molar-refractivity contribution is -0.137. The van der Waals surface area contributed by atoms with Crippen LogP contribution in [0, 0.1) is 0 Å². The number of nitrogens with one attached hydrogen (secondary N) is 2. The van der Waals surface area contributed by atoms with Crippen LogP contribution in [0.25, 0.3) is 11.1 Å². The summed E-state index contributed by atoms with van der Waals surface area (Å²) in [4.78, 5) is 23.7. The summed E-state index contributed by atoms with van der Waals surface area (Å²) in [7, 11) is -3.73. The van der Waals surface area contributed by atoms with Crippen molar-refractivity contribution in [2.45, 2.75) is 43.7 Å². The van der Waals surface area contributed by atoms with Crippen LogP contribution in [0.4, 0.5) is 4.79 Å². The van der Waals surface area contributed by atoms with Gasteiger partial charge in [-0.25, -0.2) is 17.9 Å². The van der Waals surface area contributed by atoms with Crippen LogP contribution in [0.2, 0.25) is 0 Å². The number of hydrogen-bond acceptors (Lipinski definition) is 5. The van der Waals surface area contributed by atoms with Crippen molar-refractivity contribution in [3.05, 3.63) is 59.7 Å². The van der Waals surface area contributed by atoms with Gasteiger partial charge in [-0.15, -0.1) is 0 Å². The molecular weight excluding hydrogens is 432 g/mol. The van der Waals surface area contributed by atoms with E-state index in [0.29, 0.717) is 0 Å². The molecule has 1 saturated carbocycles. The maximum absolute atomic E-state index is 12.4. The predicted molar refractivity (Wildman–Crippen MR) is 119 cm³/mol. The minimum absolute atomic E-state index is 0.0622. The van der Waals surface area contributed by atoms with Gasteiger partial charge in [-0.2, -0.15) is 0 Å². The first-order valence-electron chi connectivity index (χ1n) is 10.7. The van der Waals surface area contributed by atoms with Gasteiger partial charge in [0.2, 0.25) is 10.0 Å². The molecule has 0 aliphatic heterocycles. The molecule has 0 radical (unpaired) electrons. The third-order valence-corrected chi connectivity index (χ3v) is 7.49. The number of carboxylic acids is 1. The molecule has 0 spiro atoms. The minimum atomic E-state index is -3.73. The third kappa shape index (κ3) is 5.11. The number of benzene rings is 2. The minimum Gasteiger partial charge on any atom is -0.481 e. The van der Waals surface area contributed by atoms with E-state index in [-0.39, 0.29) is 18.6 Å². The van der Waals surface area contributed by atoms with E-state index in [4.69, 9.17) is 9.84 Å². The molecule has 4 rings (SSSR count). The molecule has 170 valence electrons. The van der Waals surface area contributed by atoms with Crippen molar-refractivity contribution in [2.75, 3.05) is 12.4 Å². The Bertz CT molecular complexity index is 1070. The molecule has 2 aromatic carbocycles. The van der Waals surface area contributed by atoms with Gasteiger partial charge in [-0.1, -0.05) is 55.0 Å². The fraction of sp³-hybridized carbons (Fsp3) is 0.391. The second-order valence-electron chi connectivity index (χ2n) is 8.29. The highest BCUT2D eigenvalue weighted by Gasteiger charge is 2.31. The number of carbonyl (C=O) groups is 2. The summed E-state index contributed by atoms with van der Waals surface area (Å²) in [6.45, 7) is 0.0622. The number of hydrogen-bond donors (Lipinski definition) is 3. The van der Waals surface area contributed by atoms with Crippen molar-refractivity contribution in [3.63, 3.8) is 0 Å². The molecule has 2 aliphatic carbocycles. The number of alkyl carbamates (subject to hydrolysis) is 1. The zero-order valence-corrected chi connectivity index (χ0v) is 18.3. The van der Waals surface area contributed by atoms with Crippen molar-refractivity contribution >= 4 is 22.1 Å². The van der Waals surface area contributed by atoms with E-state index in [1.165, 1.54) is 0 Å². The average Bonchev–Trinajstić information content (AvgIpc) is 3.02. The molecule has 0 heterocycles. The van der Waals surface area contributed by atoms with Crippen molar-refractivity contribution < 1.29 is 27.9 Å². The van der Waals surface area contributed by atoms with E-state index in [9.17, 15) is 18.0 Å². The first-order chi connectivity index (χ1) is 15.3. The third-order valence-electron chi connectivity index (χ3n) is 5.96. The van der Waals surface area contributed by atoms with Gasteiger partial charge in [0.05, 0.1) is 18.2 Å². The van der Waals surface area contributed by atoms with Crippen LogP contribution in [-0.4, -0.2) is 50.0 Å². The summed E-state index contributed by atoms with van der Waals surface area (Å²) in [5.41, 5.74) is 4.29. The monoisotopic (exact) mass is 458 g/mol. The van der Waals surface area contributed by atoms with E-state index >= 15 is 0 Å². The maximum atomic E-state index is 12.4. The molecule has 1 amide bonds. The zero-order chi connectivity index (χ0) is 22.7. The molecule has 9 heteroatoms. The molecule has 2 aliphatic rings. The number of rotatable bonds is 9. The first-order valence-corrected chi connectivity index (χ1v) is 12.3. The van der Waals surface area contributed by atoms with E-state index < -0.39 is 40.3 Å². The lowest BCUT2D eigenvalue weighted by Gasteiger charge is -2.27. The van der Waals surface area contributed by atoms with E-state index in [1.54, 1.807) is 0 Å². The summed E-state index contributed by atoms with van der Waals surface area (Å²) in [5.74, 6) is -1.86. The van der Waals surface area contributed by atoms with Crippen molar-refractivity contribution in [2.24, 2.45) is 0 Å². The van der Waals surface area contributed by atoms with Gasteiger partial charge >= 0.3 is 12.1 Å². The van der Waals surface area contributed by atoms with Crippen molar-refractivity contribution in [3.8, 4) is 11.1 Å². The molecular formula is C23H26N2O6S. The number of fused-ring (bicyclic) bond motifs is 3. The van der Waals surface area contributed by atoms with Crippen LogP contribution in [-0.2, 0) is 19.6 Å². The Kier molecular flexibility index (Phi) is 6.48. The second kappa shape index (κ2) is 9.30. The highest BCUT2D eigenvalue weighted by molar-refractivity contribution is 7.89. The van der Waals surface area contributed by atoms with Gasteiger partial charge in [0.15, 0.2) is 0 Å². The quantitative estimate of drug-likeness (QED) is 0.531. The largest absolute Gasteiger partial charge is 0.481 e. The highest BCUT2D eigenvalue weighted by Crippen LogP contribution is 2.44. The van der Waals surface area contributed by atoms with Crippen molar-refractivity contribution in [1.82, 2.24) is 10.0 Å². The van der Waals surface area contributed by atoms with Gasteiger partial charge in [0.25, 0.3) is 0 Å². The Morgan fingerprint density at radius 2 is 1.62 bits per heavy atom. The Morgan fingerprint density at radius 3 is 2.16 bits per heavy atom. The summed E-state index contributed by atoms with van der Waals surface area (Å²) < 4.78 is 32.7. The number of ether oxygens (including phenoxy) is 1. The molecule has 1 atom stereocenters. The second-order valence-corrected chi connectivity index (χ2v) is 10.1. The topological polar surface area (TPSA) is 122 Å². The molecule has 32 heavy (non-hydrogen) atoms. The molecule has 0 aromatic heterocycles. The Morgan fingerprint density at radius 1 is 1.03 bits per heavy atom. The summed E-state index contributed by atoms with van der Waals surface area (Å²) in [5, 5.41) is 11.6. The molecule has 0 unspecified atom stereocenters. The van der Waals surface area contributed by atoms with E-state index in [0.717, 1.165) is 41.5 Å². The Balaban J connectivity index is 1.40. The number of amides is 1. The number of aliphatic carboxylic acids is 1. The number of sulfonamides is 1. The number of carboxylic acid groups (broad SMARTS) is 1. The van der Waals surface area contributed by atoms with Crippen molar-refractivity contribution in [1.29, 1.82) is 0 Å². The lowest BCUT2D eigenvalue weighted by atomic mass is 9.94. The first kappa shape index (κ1) is 22.3. The summed E-state index contributed by atoms with van der Waals surface area (Å²) in [6, 6.07) is 14.6. The van der Waals surface area contributed by atoms with Crippen LogP contribution in [0.5, 0.6) is 0 Å². The van der Waals surface area contributed by atoms with Crippen LogP contribution in [0.3, 0.4) is 0 Å². The standard InChI is InChI=1S/C23H26N2O6S/c26-22(27)12-16(14-32(29,30)25-15-6-5-7-15)24-23(28)31-13-21-19-10-3-1-8-17(19)18-9-2-4-11-20(18)21/h1-4,8-11,15-16,21,25H,5-7,12-14H2,(H,24,28)(H,26,27)/t16-/m0/s1. The lowest BCUT2D eigenvalue weighted by Crippen LogP contribution is -2.47. The SMILES string of the molecule is O=C(O)C[C@@H](CS(=O)(=O)NC1CCC1)NC(=O)OCC1c2ccccc2-c2ccccc21. The van der Waals surface area contributed by atoms with Gasteiger partial charge in [0.1, 0.15) is 6.61 Å². The molecule has 1 fully saturated rings. The number of carbonyl (C=O) groups excluding carboxylic acids is 1. The van der Waals surface area contributed by atoms with Crippen LogP contribution < -0.4 is 10.0 Å². The smallest absolute Gasteiger partial charge is 0.407 e. The molecule has 0 bridgehead atoms. The highest BCUT2D eigenvalue weighted by atomic mass is 32.2. The zero-order valence-electron chi connectivity index (χ0n) is 17.5. The van der Waals surface area contributed by atoms with Gasteiger partial charge in [0, 0.05) is 12.0 Å². The normalized spacial score (nSPS) is 16.5. The van der Waals surface area contributed by atoms with Crippen LogP contribution in [0.1, 0.15) is 42.7 Å². The molecule has 0 saturated heterocycles. The predicted octanol–water partition coefficient (Wildman–Crippen LogP) is 2.84. The van der Waals surface area contributed by atoms with E-state index in [2.05, 4.69) is 10.0 Å². The maximum Gasteiger partial charge on any atom is 0.407 e. The fourth-order valence-electron chi connectivity index (χ4n) is 4.26. The van der Waals surface area contributed by atoms with Crippen LogP contribution in [0.15, 0.2) is 48.5 Å². The van der Waals surface area contributed by atoms with Gasteiger partial charge < -0.3 is 15.2 Å². The fourth-order valence-corrected chi connectivity index (χ4v) is 5.83. The summed E-state index contributed by atoms with van der Waals surface area (Å²) in [6.07, 6.45) is 1.14. The summed E-state index contributed by atoms with van der Waals surface area (Å²) >= 11 is 0. The molecule has 2 aromatic rings. The van der Waals surface area contributed by atoms with Gasteiger partial charge in [-0.05, 0) is 35.1 Å². The average molecular weight is 459 g/mol.